The molecule has 0 aliphatic carbocycles. The molecule has 0 aliphatic rings. The van der Waals surface area contributed by atoms with Gasteiger partial charge in [0.2, 0.25) is 0 Å². The quantitative estimate of drug-likeness (QED) is 0.787. The molecule has 4 heteroatoms. The summed E-state index contributed by atoms with van der Waals surface area (Å²) in [5, 5.41) is 1.59. The van der Waals surface area contributed by atoms with Gasteiger partial charge in [0.1, 0.15) is 12.1 Å². The molecule has 0 heterocycles. The van der Waals surface area contributed by atoms with Gasteiger partial charge in [-0.3, -0.25) is 0 Å². The van der Waals surface area contributed by atoms with Gasteiger partial charge in [0.15, 0.2) is 7.14 Å². The third-order valence-corrected chi connectivity index (χ3v) is 5.86. The maximum Gasteiger partial charge on any atom is 0.167 e. The molecule has 19 heavy (non-hydrogen) atoms. The Morgan fingerprint density at radius 1 is 0.895 bits per heavy atom. The Hall–Kier alpha value is -1.57. The number of hydrogen-bond donors (Lipinski definition) is 0. The van der Waals surface area contributed by atoms with Crippen molar-refractivity contribution in [3.63, 3.8) is 0 Å². The summed E-state index contributed by atoms with van der Waals surface area (Å²) < 4.78 is 23.6. The highest BCUT2D eigenvalue weighted by Gasteiger charge is 2.26. The minimum Gasteiger partial charge on any atom is -0.497 e. The van der Waals surface area contributed by atoms with Crippen LogP contribution in [0.5, 0.6) is 5.75 Å². The molecule has 1 atom stereocenters. The third-order valence-electron chi connectivity index (χ3n) is 2.97. The van der Waals surface area contributed by atoms with Crippen LogP contribution in [-0.4, -0.2) is 20.6 Å². The highest BCUT2D eigenvalue weighted by Crippen LogP contribution is 2.43. The van der Waals surface area contributed by atoms with E-state index in [0.29, 0.717) is 0 Å². The Morgan fingerprint density at radius 2 is 1.47 bits per heavy atom. The topological polar surface area (TPSA) is 35.5 Å². The van der Waals surface area contributed by atoms with Crippen LogP contribution in [0.4, 0.5) is 0 Å². The van der Waals surface area contributed by atoms with Gasteiger partial charge >= 0.3 is 0 Å². The number of benzene rings is 2. The monoisotopic (exact) mass is 276 g/mol. The molecule has 2 rings (SSSR count). The molecule has 0 aliphatic heterocycles. The van der Waals surface area contributed by atoms with Gasteiger partial charge in [-0.1, -0.05) is 30.3 Å². The summed E-state index contributed by atoms with van der Waals surface area (Å²) in [6.07, 6.45) is 0.198. The smallest absolute Gasteiger partial charge is 0.167 e. The molecule has 0 amide bonds. The first-order chi connectivity index (χ1) is 9.20. The minimum absolute atomic E-state index is 0.198. The number of methoxy groups -OCH3 is 2. The molecule has 2 aromatic rings. The summed E-state index contributed by atoms with van der Waals surface area (Å²) >= 11 is 0. The van der Waals surface area contributed by atoms with Crippen molar-refractivity contribution in [3.8, 4) is 5.75 Å². The van der Waals surface area contributed by atoms with Crippen molar-refractivity contribution in [1.29, 1.82) is 0 Å². The molecule has 100 valence electrons. The van der Waals surface area contributed by atoms with Crippen LogP contribution in [0.2, 0.25) is 0 Å². The first-order valence-electron chi connectivity index (χ1n) is 5.99. The summed E-state index contributed by atoms with van der Waals surface area (Å²) in [5.74, 6) is 0.751. The second-order valence-electron chi connectivity index (χ2n) is 4.19. The zero-order valence-corrected chi connectivity index (χ0v) is 12.0. The predicted octanol–water partition coefficient (Wildman–Crippen LogP) is 2.61. The highest BCUT2D eigenvalue weighted by molar-refractivity contribution is 7.78. The number of rotatable bonds is 5. The van der Waals surface area contributed by atoms with E-state index >= 15 is 0 Å². The fraction of sp³-hybridized carbons (Fsp3) is 0.200. The van der Waals surface area contributed by atoms with Crippen molar-refractivity contribution in [2.24, 2.45) is 0 Å². The summed E-state index contributed by atoms with van der Waals surface area (Å²) in [6, 6.07) is 16.8. The van der Waals surface area contributed by atoms with Crippen LogP contribution in [0, 0.1) is 0 Å². The molecule has 3 nitrogen and oxygen atoms in total. The average molecular weight is 276 g/mol. The second-order valence-corrected chi connectivity index (χ2v) is 6.96. The van der Waals surface area contributed by atoms with Crippen molar-refractivity contribution >= 4 is 17.8 Å². The van der Waals surface area contributed by atoms with Gasteiger partial charge in [-0.15, -0.1) is 0 Å². The fourth-order valence-corrected chi connectivity index (χ4v) is 4.22. The molecular formula is C15H17O3P. The lowest BCUT2D eigenvalue weighted by Crippen LogP contribution is -2.19. The van der Waals surface area contributed by atoms with Gasteiger partial charge in [0, 0.05) is 17.7 Å². The fourth-order valence-electron chi connectivity index (χ4n) is 1.97. The van der Waals surface area contributed by atoms with E-state index in [0.717, 1.165) is 16.4 Å². The Kier molecular flexibility index (Phi) is 4.41. The lowest BCUT2D eigenvalue weighted by Gasteiger charge is -2.18. The van der Waals surface area contributed by atoms with E-state index in [1.807, 2.05) is 54.6 Å². The highest BCUT2D eigenvalue weighted by atomic mass is 31.2. The Morgan fingerprint density at radius 3 is 2.00 bits per heavy atom. The van der Waals surface area contributed by atoms with Gasteiger partial charge in [0.05, 0.1) is 7.11 Å². The summed E-state index contributed by atoms with van der Waals surface area (Å²) in [7, 11) is 0.448. The van der Waals surface area contributed by atoms with E-state index in [1.54, 1.807) is 14.2 Å². The van der Waals surface area contributed by atoms with E-state index in [4.69, 9.17) is 9.47 Å². The van der Waals surface area contributed by atoms with Crippen LogP contribution in [-0.2, 0) is 9.30 Å². The van der Waals surface area contributed by atoms with Crippen LogP contribution in [0.15, 0.2) is 54.6 Å². The molecule has 1 unspecified atom stereocenters. The van der Waals surface area contributed by atoms with Crippen molar-refractivity contribution in [3.05, 3.63) is 54.6 Å². The molecule has 0 aromatic heterocycles. The second kappa shape index (κ2) is 6.05. The Balaban J connectivity index is 2.47. The van der Waals surface area contributed by atoms with E-state index < -0.39 is 7.14 Å². The van der Waals surface area contributed by atoms with Crippen LogP contribution < -0.4 is 15.3 Å². The first kappa shape index (κ1) is 13.9. The maximum absolute atomic E-state index is 13.3. The van der Waals surface area contributed by atoms with Gasteiger partial charge in [-0.2, -0.15) is 0 Å². The van der Waals surface area contributed by atoms with Crippen molar-refractivity contribution in [1.82, 2.24) is 0 Å². The van der Waals surface area contributed by atoms with Crippen molar-refractivity contribution in [2.45, 2.75) is 0 Å². The normalized spacial score (nSPS) is 13.8. The van der Waals surface area contributed by atoms with Gasteiger partial charge in [0.25, 0.3) is 0 Å². The molecule has 0 radical (unpaired) electrons. The molecule has 0 N–H and O–H groups in total. The molecule has 0 fully saturated rings. The van der Waals surface area contributed by atoms with Crippen LogP contribution in [0.25, 0.3) is 0 Å². The minimum atomic E-state index is -2.73. The van der Waals surface area contributed by atoms with E-state index in [1.165, 1.54) is 0 Å². The molecular weight excluding hydrogens is 259 g/mol. The largest absolute Gasteiger partial charge is 0.497 e. The van der Waals surface area contributed by atoms with Crippen molar-refractivity contribution < 1.29 is 14.0 Å². The van der Waals surface area contributed by atoms with Gasteiger partial charge in [-0.25, -0.2) is 0 Å². The van der Waals surface area contributed by atoms with Crippen LogP contribution in [0.3, 0.4) is 0 Å². The molecule has 2 aromatic carbocycles. The lowest BCUT2D eigenvalue weighted by atomic mass is 10.3. The maximum atomic E-state index is 13.3. The molecule has 0 bridgehead atoms. The van der Waals surface area contributed by atoms with Gasteiger partial charge < -0.3 is 14.0 Å². The van der Waals surface area contributed by atoms with E-state index in [2.05, 4.69) is 0 Å². The zero-order chi connectivity index (χ0) is 13.7. The van der Waals surface area contributed by atoms with Crippen molar-refractivity contribution in [2.75, 3.05) is 20.6 Å². The average Bonchev–Trinajstić information content (AvgIpc) is 2.48. The SMILES string of the molecule is COCP(=O)(c1ccccc1)c1ccc(OC)cc1. The Bertz CT molecular complexity index is 564. The lowest BCUT2D eigenvalue weighted by molar-refractivity contribution is 0.251. The van der Waals surface area contributed by atoms with E-state index in [9.17, 15) is 4.57 Å². The Labute approximate surface area is 113 Å². The van der Waals surface area contributed by atoms with E-state index in [-0.39, 0.29) is 6.35 Å². The number of hydrogen-bond acceptors (Lipinski definition) is 3. The standard InChI is InChI=1S/C15H17O3P/c1-17-12-19(16,14-6-4-3-5-7-14)15-10-8-13(18-2)9-11-15/h3-11H,12H2,1-2H3. The zero-order valence-electron chi connectivity index (χ0n) is 11.1. The predicted molar refractivity (Wildman–Crippen MR) is 78.2 cm³/mol. The van der Waals surface area contributed by atoms with Crippen LogP contribution >= 0.6 is 7.14 Å². The summed E-state index contributed by atoms with van der Waals surface area (Å²) in [6.45, 7) is 0. The first-order valence-corrected chi connectivity index (χ1v) is 7.88. The molecule has 0 spiro atoms. The summed E-state index contributed by atoms with van der Waals surface area (Å²) in [4.78, 5) is 0. The van der Waals surface area contributed by atoms with Crippen LogP contribution in [0.1, 0.15) is 0 Å². The van der Waals surface area contributed by atoms with Gasteiger partial charge in [-0.05, 0) is 24.3 Å². The summed E-state index contributed by atoms with van der Waals surface area (Å²) in [5.41, 5.74) is 0. The molecule has 0 saturated heterocycles. The molecule has 0 saturated carbocycles. The third kappa shape index (κ3) is 2.89. The number of ether oxygens (including phenoxy) is 2.